The second-order valence-corrected chi connectivity index (χ2v) is 7.07. The SMILES string of the molecule is CCCCCCCCCCCCCCCCN1CCCCO1. The van der Waals surface area contributed by atoms with Gasteiger partial charge in [0.1, 0.15) is 0 Å². The minimum Gasteiger partial charge on any atom is -0.299 e. The first-order chi connectivity index (χ1) is 10.9. The van der Waals surface area contributed by atoms with Crippen molar-refractivity contribution in [2.24, 2.45) is 0 Å². The fourth-order valence-corrected chi connectivity index (χ4v) is 3.31. The first-order valence-electron chi connectivity index (χ1n) is 10.3. The molecule has 0 atom stereocenters. The predicted octanol–water partition coefficient (Wildman–Crippen LogP) is 6.50. The molecule has 0 aromatic rings. The third-order valence-corrected chi connectivity index (χ3v) is 4.84. The third-order valence-electron chi connectivity index (χ3n) is 4.84. The molecule has 1 saturated heterocycles. The van der Waals surface area contributed by atoms with Gasteiger partial charge >= 0.3 is 0 Å². The Labute approximate surface area is 139 Å². The van der Waals surface area contributed by atoms with Crippen molar-refractivity contribution in [2.45, 2.75) is 110 Å². The molecule has 132 valence electrons. The molecule has 1 aliphatic heterocycles. The molecule has 0 amide bonds. The van der Waals surface area contributed by atoms with Gasteiger partial charge in [0.15, 0.2) is 0 Å². The van der Waals surface area contributed by atoms with Crippen LogP contribution in [0.15, 0.2) is 0 Å². The fourth-order valence-electron chi connectivity index (χ4n) is 3.31. The number of nitrogens with zero attached hydrogens (tertiary/aromatic N) is 1. The van der Waals surface area contributed by atoms with Crippen molar-refractivity contribution >= 4 is 0 Å². The average molecular weight is 312 g/mol. The molecule has 2 heteroatoms. The topological polar surface area (TPSA) is 12.5 Å². The Balaban J connectivity index is 1.68. The summed E-state index contributed by atoms with van der Waals surface area (Å²) in [4.78, 5) is 5.62. The minimum atomic E-state index is 0.943. The van der Waals surface area contributed by atoms with Gasteiger partial charge in [0.2, 0.25) is 0 Å². The molecule has 0 unspecified atom stereocenters. The van der Waals surface area contributed by atoms with Crippen molar-refractivity contribution in [1.82, 2.24) is 5.06 Å². The lowest BCUT2D eigenvalue weighted by Crippen LogP contribution is -2.30. The van der Waals surface area contributed by atoms with Crippen molar-refractivity contribution in [3.63, 3.8) is 0 Å². The van der Waals surface area contributed by atoms with Gasteiger partial charge in [-0.05, 0) is 19.3 Å². The Kier molecular flexibility index (Phi) is 14.3. The summed E-state index contributed by atoms with van der Waals surface area (Å²) in [5.41, 5.74) is 0. The van der Waals surface area contributed by atoms with Gasteiger partial charge in [0.25, 0.3) is 0 Å². The zero-order valence-electron chi connectivity index (χ0n) is 15.3. The second kappa shape index (κ2) is 15.8. The Morgan fingerprint density at radius 2 is 1.14 bits per heavy atom. The van der Waals surface area contributed by atoms with E-state index in [1.54, 1.807) is 0 Å². The van der Waals surface area contributed by atoms with E-state index in [0.29, 0.717) is 0 Å². The van der Waals surface area contributed by atoms with E-state index in [1.807, 2.05) is 0 Å². The van der Waals surface area contributed by atoms with Gasteiger partial charge in [0.05, 0.1) is 6.61 Å². The van der Waals surface area contributed by atoms with Gasteiger partial charge in [-0.15, -0.1) is 0 Å². The zero-order valence-corrected chi connectivity index (χ0v) is 15.3. The molecule has 1 aliphatic rings. The van der Waals surface area contributed by atoms with Gasteiger partial charge in [-0.2, -0.15) is 5.06 Å². The van der Waals surface area contributed by atoms with Crippen LogP contribution in [0.4, 0.5) is 0 Å². The largest absolute Gasteiger partial charge is 0.299 e. The fraction of sp³-hybridized carbons (Fsp3) is 1.00. The lowest BCUT2D eigenvalue weighted by atomic mass is 10.0. The van der Waals surface area contributed by atoms with Crippen molar-refractivity contribution in [2.75, 3.05) is 19.7 Å². The van der Waals surface area contributed by atoms with Crippen molar-refractivity contribution < 1.29 is 4.84 Å². The summed E-state index contributed by atoms with van der Waals surface area (Å²) < 4.78 is 0. The van der Waals surface area contributed by atoms with E-state index in [1.165, 1.54) is 103 Å². The van der Waals surface area contributed by atoms with Crippen LogP contribution in [-0.4, -0.2) is 24.8 Å². The summed E-state index contributed by atoms with van der Waals surface area (Å²) in [6, 6.07) is 0. The maximum atomic E-state index is 5.62. The minimum absolute atomic E-state index is 0.943. The molecule has 1 heterocycles. The molecule has 2 nitrogen and oxygen atoms in total. The highest BCUT2D eigenvalue weighted by molar-refractivity contribution is 4.54. The maximum absolute atomic E-state index is 5.62. The molecular formula is C20H41NO. The number of unbranched alkanes of at least 4 members (excludes halogenated alkanes) is 13. The van der Waals surface area contributed by atoms with E-state index < -0.39 is 0 Å². The Morgan fingerprint density at radius 3 is 1.59 bits per heavy atom. The molecule has 0 saturated carbocycles. The summed E-state index contributed by atoms with van der Waals surface area (Å²) in [7, 11) is 0. The van der Waals surface area contributed by atoms with Gasteiger partial charge in [-0.25, -0.2) is 0 Å². The van der Waals surface area contributed by atoms with Crippen molar-refractivity contribution in [3.8, 4) is 0 Å². The van der Waals surface area contributed by atoms with E-state index in [4.69, 9.17) is 4.84 Å². The Bertz CT molecular complexity index is 214. The summed E-state index contributed by atoms with van der Waals surface area (Å²) in [5, 5.41) is 2.18. The van der Waals surface area contributed by atoms with Crippen LogP contribution in [-0.2, 0) is 4.84 Å². The molecule has 0 aromatic heterocycles. The lowest BCUT2D eigenvalue weighted by molar-refractivity contribution is -0.180. The molecule has 1 fully saturated rings. The summed E-state index contributed by atoms with van der Waals surface area (Å²) in [5.74, 6) is 0. The monoisotopic (exact) mass is 311 g/mol. The number of hydrogen-bond acceptors (Lipinski definition) is 2. The van der Waals surface area contributed by atoms with Crippen LogP contribution in [0.5, 0.6) is 0 Å². The Hall–Kier alpha value is -0.0800. The number of hydrogen-bond donors (Lipinski definition) is 0. The van der Waals surface area contributed by atoms with Crippen LogP contribution < -0.4 is 0 Å². The molecule has 0 radical (unpaired) electrons. The van der Waals surface area contributed by atoms with Gasteiger partial charge < -0.3 is 0 Å². The van der Waals surface area contributed by atoms with Crippen LogP contribution in [0.25, 0.3) is 0 Å². The van der Waals surface area contributed by atoms with Crippen LogP contribution in [0.3, 0.4) is 0 Å². The van der Waals surface area contributed by atoms with Gasteiger partial charge in [-0.1, -0.05) is 90.4 Å². The van der Waals surface area contributed by atoms with E-state index in [2.05, 4.69) is 12.0 Å². The Morgan fingerprint density at radius 1 is 0.636 bits per heavy atom. The van der Waals surface area contributed by atoms with Crippen LogP contribution >= 0.6 is 0 Å². The first kappa shape index (κ1) is 20.0. The lowest BCUT2D eigenvalue weighted by Gasteiger charge is -2.25. The van der Waals surface area contributed by atoms with Crippen LogP contribution in [0.1, 0.15) is 110 Å². The first-order valence-corrected chi connectivity index (χ1v) is 10.3. The van der Waals surface area contributed by atoms with Crippen LogP contribution in [0.2, 0.25) is 0 Å². The van der Waals surface area contributed by atoms with Gasteiger partial charge in [0, 0.05) is 13.1 Å². The molecule has 1 rings (SSSR count). The third kappa shape index (κ3) is 12.5. The highest BCUT2D eigenvalue weighted by Crippen LogP contribution is 2.13. The quantitative estimate of drug-likeness (QED) is 0.320. The average Bonchev–Trinajstić information content (AvgIpc) is 2.56. The number of rotatable bonds is 15. The highest BCUT2D eigenvalue weighted by atomic mass is 16.7. The van der Waals surface area contributed by atoms with Crippen molar-refractivity contribution in [1.29, 1.82) is 0 Å². The van der Waals surface area contributed by atoms with Crippen LogP contribution in [0, 0.1) is 0 Å². The van der Waals surface area contributed by atoms with E-state index in [-0.39, 0.29) is 0 Å². The molecule has 0 N–H and O–H groups in total. The van der Waals surface area contributed by atoms with E-state index in [0.717, 1.165) is 19.7 Å². The van der Waals surface area contributed by atoms with E-state index >= 15 is 0 Å². The standard InChI is InChI=1S/C20H41NO/c1-2-3-4-5-6-7-8-9-10-11-12-13-14-15-18-21-19-16-17-20-22-21/h2-20H2,1H3. The second-order valence-electron chi connectivity index (χ2n) is 7.07. The summed E-state index contributed by atoms with van der Waals surface area (Å²) in [6.45, 7) is 5.54. The predicted molar refractivity (Wildman–Crippen MR) is 97.1 cm³/mol. The molecule has 0 spiro atoms. The van der Waals surface area contributed by atoms with Crippen molar-refractivity contribution in [3.05, 3.63) is 0 Å². The molecule has 22 heavy (non-hydrogen) atoms. The molecule has 0 aromatic carbocycles. The normalized spacial score (nSPS) is 16.2. The van der Waals surface area contributed by atoms with Gasteiger partial charge in [-0.3, -0.25) is 4.84 Å². The molecular weight excluding hydrogens is 270 g/mol. The summed E-state index contributed by atoms with van der Waals surface area (Å²) in [6.07, 6.45) is 22.7. The maximum Gasteiger partial charge on any atom is 0.0685 e. The molecule has 0 aliphatic carbocycles. The smallest absolute Gasteiger partial charge is 0.0685 e. The van der Waals surface area contributed by atoms with E-state index in [9.17, 15) is 0 Å². The zero-order chi connectivity index (χ0) is 15.7. The number of hydroxylamine groups is 2. The highest BCUT2D eigenvalue weighted by Gasteiger charge is 2.09. The molecule has 0 bridgehead atoms. The summed E-state index contributed by atoms with van der Waals surface area (Å²) >= 11 is 0.